The van der Waals surface area contributed by atoms with Gasteiger partial charge in [0.15, 0.2) is 0 Å². The van der Waals surface area contributed by atoms with Gasteiger partial charge in [0.1, 0.15) is 6.54 Å². The lowest BCUT2D eigenvalue weighted by molar-refractivity contribution is -0.137. The van der Waals surface area contributed by atoms with Crippen molar-refractivity contribution in [3.05, 3.63) is 0 Å². The van der Waals surface area contributed by atoms with Crippen LogP contribution in [0.5, 0.6) is 0 Å². The van der Waals surface area contributed by atoms with E-state index in [0.29, 0.717) is 12.3 Å². The number of aliphatic carboxylic acids is 1. The molecule has 6 heteroatoms. The van der Waals surface area contributed by atoms with Crippen LogP contribution in [0.2, 0.25) is 0 Å². The molecule has 0 heterocycles. The lowest BCUT2D eigenvalue weighted by atomic mass is 10.3. The number of carboxylic acid groups (broad SMARTS) is 1. The smallest absolute Gasteiger partial charge is 0.318 e. The van der Waals surface area contributed by atoms with E-state index in [1.165, 1.54) is 7.05 Å². The maximum atomic E-state index is 11.5. The van der Waals surface area contributed by atoms with Gasteiger partial charge < -0.3 is 5.11 Å². The Morgan fingerprint density at radius 1 is 1.50 bits per heavy atom. The molecule has 1 rings (SSSR count). The minimum absolute atomic E-state index is 0.0709. The Balaban J connectivity index is 2.40. The number of carbonyl (C=O) groups is 1. The fourth-order valence-electron chi connectivity index (χ4n) is 1.17. The molecule has 1 saturated carbocycles. The Kier molecular flexibility index (Phi) is 3.49. The van der Waals surface area contributed by atoms with Crippen molar-refractivity contribution in [2.24, 2.45) is 5.92 Å². The van der Waals surface area contributed by atoms with Crippen LogP contribution in [-0.4, -0.2) is 43.1 Å². The second kappa shape index (κ2) is 4.27. The number of hydrogen-bond donors (Lipinski definition) is 1. The molecule has 1 aliphatic carbocycles. The monoisotopic (exact) mass is 221 g/mol. The topological polar surface area (TPSA) is 74.7 Å². The lowest BCUT2D eigenvalue weighted by Gasteiger charge is -2.14. The highest BCUT2D eigenvalue weighted by Crippen LogP contribution is 2.32. The molecule has 0 aromatic heterocycles. The Labute approximate surface area is 83.8 Å². The molecular formula is C8H15NO4S. The van der Waals surface area contributed by atoms with Crippen molar-refractivity contribution in [3.8, 4) is 0 Å². The first kappa shape index (κ1) is 11.5. The molecule has 0 spiro atoms. The lowest BCUT2D eigenvalue weighted by Crippen LogP contribution is -2.33. The van der Waals surface area contributed by atoms with E-state index in [-0.39, 0.29) is 5.75 Å². The van der Waals surface area contributed by atoms with Crippen LogP contribution in [0, 0.1) is 5.92 Å². The van der Waals surface area contributed by atoms with Crippen molar-refractivity contribution in [1.29, 1.82) is 0 Å². The molecular weight excluding hydrogens is 206 g/mol. The summed E-state index contributed by atoms with van der Waals surface area (Å²) in [7, 11) is -2.06. The second-order valence-corrected chi connectivity index (χ2v) is 5.89. The van der Waals surface area contributed by atoms with E-state index in [0.717, 1.165) is 17.1 Å². The maximum Gasteiger partial charge on any atom is 0.318 e. The molecule has 0 aliphatic heterocycles. The average Bonchev–Trinajstić information content (AvgIpc) is 2.82. The highest BCUT2D eigenvalue weighted by atomic mass is 32.2. The molecule has 0 amide bonds. The quantitative estimate of drug-likeness (QED) is 0.692. The molecule has 82 valence electrons. The molecule has 0 atom stereocenters. The van der Waals surface area contributed by atoms with Crippen molar-refractivity contribution >= 4 is 16.0 Å². The molecule has 0 saturated heterocycles. The highest BCUT2D eigenvalue weighted by Gasteiger charge is 2.26. The van der Waals surface area contributed by atoms with Gasteiger partial charge in [-0.3, -0.25) is 4.79 Å². The number of likely N-dealkylation sites (N-methyl/N-ethyl adjacent to an activating group) is 1. The standard InChI is InChI=1S/C8H15NO4S/c1-9(6-8(10)11)14(12,13)5-4-7-2-3-7/h7H,2-6H2,1H3,(H,10,11). The second-order valence-electron chi connectivity index (χ2n) is 3.70. The first-order chi connectivity index (χ1) is 6.42. The first-order valence-electron chi connectivity index (χ1n) is 4.57. The molecule has 0 aromatic rings. The molecule has 1 aliphatic rings. The van der Waals surface area contributed by atoms with Crippen LogP contribution in [0.3, 0.4) is 0 Å². The van der Waals surface area contributed by atoms with Crippen LogP contribution in [-0.2, 0) is 14.8 Å². The van der Waals surface area contributed by atoms with E-state index in [4.69, 9.17) is 5.11 Å². The Morgan fingerprint density at radius 3 is 2.50 bits per heavy atom. The third-order valence-electron chi connectivity index (χ3n) is 2.31. The van der Waals surface area contributed by atoms with Crippen LogP contribution >= 0.6 is 0 Å². The van der Waals surface area contributed by atoms with Crippen LogP contribution < -0.4 is 0 Å². The fraction of sp³-hybridized carbons (Fsp3) is 0.875. The molecule has 0 unspecified atom stereocenters. The Bertz CT molecular complexity index is 307. The molecule has 5 nitrogen and oxygen atoms in total. The summed E-state index contributed by atoms with van der Waals surface area (Å²) in [6.45, 7) is -0.451. The largest absolute Gasteiger partial charge is 0.480 e. The van der Waals surface area contributed by atoms with E-state index in [2.05, 4.69) is 0 Å². The van der Waals surface area contributed by atoms with Crippen molar-refractivity contribution in [3.63, 3.8) is 0 Å². The van der Waals surface area contributed by atoms with Gasteiger partial charge in [0.25, 0.3) is 0 Å². The molecule has 1 fully saturated rings. The summed E-state index contributed by atoms with van der Waals surface area (Å²) in [6, 6.07) is 0. The fourth-order valence-corrected chi connectivity index (χ4v) is 2.42. The van der Waals surface area contributed by atoms with E-state index in [9.17, 15) is 13.2 Å². The van der Waals surface area contributed by atoms with Crippen molar-refractivity contribution in [1.82, 2.24) is 4.31 Å². The van der Waals surface area contributed by atoms with Crippen LogP contribution in [0.1, 0.15) is 19.3 Å². The number of sulfonamides is 1. The van der Waals surface area contributed by atoms with Crippen LogP contribution in [0.15, 0.2) is 0 Å². The predicted molar refractivity (Wildman–Crippen MR) is 51.4 cm³/mol. The summed E-state index contributed by atoms with van der Waals surface area (Å²) in [5, 5.41) is 8.43. The zero-order valence-electron chi connectivity index (χ0n) is 8.14. The normalized spacial score (nSPS) is 17.3. The summed E-state index contributed by atoms with van der Waals surface area (Å²) >= 11 is 0. The number of nitrogens with zero attached hydrogens (tertiary/aromatic N) is 1. The van der Waals surface area contributed by atoms with E-state index < -0.39 is 22.5 Å². The summed E-state index contributed by atoms with van der Waals surface area (Å²) in [5.74, 6) is -0.507. The molecule has 1 N–H and O–H groups in total. The SMILES string of the molecule is CN(CC(=O)O)S(=O)(=O)CCC1CC1. The minimum Gasteiger partial charge on any atom is -0.480 e. The van der Waals surface area contributed by atoms with Gasteiger partial charge in [0, 0.05) is 7.05 Å². The minimum atomic E-state index is -3.36. The van der Waals surface area contributed by atoms with Gasteiger partial charge in [0.2, 0.25) is 10.0 Å². The molecule has 0 bridgehead atoms. The molecule has 14 heavy (non-hydrogen) atoms. The van der Waals surface area contributed by atoms with Gasteiger partial charge in [-0.2, -0.15) is 4.31 Å². The van der Waals surface area contributed by atoms with Crippen molar-refractivity contribution in [2.75, 3.05) is 19.3 Å². The van der Waals surface area contributed by atoms with Gasteiger partial charge in [-0.25, -0.2) is 8.42 Å². The molecule has 0 radical (unpaired) electrons. The predicted octanol–water partition coefficient (Wildman–Crippen LogP) is 0.133. The van der Waals surface area contributed by atoms with Gasteiger partial charge >= 0.3 is 5.97 Å². The Hall–Kier alpha value is -0.620. The van der Waals surface area contributed by atoms with Crippen molar-refractivity contribution in [2.45, 2.75) is 19.3 Å². The summed E-state index contributed by atoms with van der Waals surface area (Å²) in [6.07, 6.45) is 2.88. The average molecular weight is 221 g/mol. The zero-order valence-corrected chi connectivity index (χ0v) is 8.96. The number of carboxylic acids is 1. The maximum absolute atomic E-state index is 11.5. The van der Waals surface area contributed by atoms with Gasteiger partial charge in [-0.1, -0.05) is 12.8 Å². The highest BCUT2D eigenvalue weighted by molar-refractivity contribution is 7.89. The van der Waals surface area contributed by atoms with E-state index in [1.807, 2.05) is 0 Å². The summed E-state index contributed by atoms with van der Waals surface area (Å²) < 4.78 is 23.8. The van der Waals surface area contributed by atoms with Crippen LogP contribution in [0.25, 0.3) is 0 Å². The summed E-state index contributed by atoms with van der Waals surface area (Å²) in [4.78, 5) is 10.3. The molecule has 0 aromatic carbocycles. The van der Waals surface area contributed by atoms with Crippen LogP contribution in [0.4, 0.5) is 0 Å². The van der Waals surface area contributed by atoms with E-state index >= 15 is 0 Å². The third kappa shape index (κ3) is 3.63. The van der Waals surface area contributed by atoms with Crippen molar-refractivity contribution < 1.29 is 18.3 Å². The zero-order chi connectivity index (χ0) is 10.8. The van der Waals surface area contributed by atoms with Gasteiger partial charge in [-0.15, -0.1) is 0 Å². The Morgan fingerprint density at radius 2 is 2.07 bits per heavy atom. The third-order valence-corrected chi connectivity index (χ3v) is 4.14. The van der Waals surface area contributed by atoms with Gasteiger partial charge in [0.05, 0.1) is 5.75 Å². The number of rotatable bonds is 6. The number of hydrogen-bond acceptors (Lipinski definition) is 3. The first-order valence-corrected chi connectivity index (χ1v) is 6.18. The van der Waals surface area contributed by atoms with Gasteiger partial charge in [-0.05, 0) is 12.3 Å². The van der Waals surface area contributed by atoms with E-state index in [1.54, 1.807) is 0 Å². The summed E-state index contributed by atoms with van der Waals surface area (Å²) in [5.41, 5.74) is 0.